The number of terminal acetylenes is 1. The van der Waals surface area contributed by atoms with Crippen LogP contribution in [-0.4, -0.2) is 17.0 Å². The van der Waals surface area contributed by atoms with Crippen molar-refractivity contribution >= 4 is 11.9 Å². The van der Waals surface area contributed by atoms with Crippen molar-refractivity contribution in [1.29, 1.82) is 0 Å². The van der Waals surface area contributed by atoms with Crippen LogP contribution in [0.1, 0.15) is 30.9 Å². The minimum absolute atomic E-state index is 0.215. The molecule has 104 valence electrons. The molecule has 0 aromatic heterocycles. The number of benzene rings is 1. The molecule has 4 nitrogen and oxygen atoms in total. The number of carboxylic acid groups (broad SMARTS) is 1. The van der Waals surface area contributed by atoms with E-state index >= 15 is 0 Å². The number of carboxylic acids is 1. The molecule has 1 aliphatic rings. The number of aliphatic carboxylic acids is 1. The van der Waals surface area contributed by atoms with Crippen molar-refractivity contribution in [2.45, 2.75) is 25.3 Å². The molecule has 1 saturated carbocycles. The summed E-state index contributed by atoms with van der Waals surface area (Å²) in [6, 6.07) is 9.20. The van der Waals surface area contributed by atoms with Gasteiger partial charge in [-0.15, -0.1) is 12.3 Å². The predicted octanol–water partition coefficient (Wildman–Crippen LogP) is 1.98. The fourth-order valence-corrected chi connectivity index (χ4v) is 2.44. The Morgan fingerprint density at radius 1 is 1.30 bits per heavy atom. The quantitative estimate of drug-likeness (QED) is 0.805. The van der Waals surface area contributed by atoms with Crippen molar-refractivity contribution in [3.05, 3.63) is 35.9 Å². The minimum Gasteiger partial charge on any atom is -0.481 e. The van der Waals surface area contributed by atoms with Crippen LogP contribution in [0.25, 0.3) is 0 Å². The van der Waals surface area contributed by atoms with E-state index in [1.54, 1.807) is 0 Å². The second-order valence-electron chi connectivity index (χ2n) is 5.01. The van der Waals surface area contributed by atoms with Gasteiger partial charge in [0, 0.05) is 6.42 Å². The average molecular weight is 271 g/mol. The molecule has 2 N–H and O–H groups in total. The molecule has 0 bridgehead atoms. The standard InChI is InChI=1S/C16H17NO3/c1-2-6-14(11-7-4-3-5-8-11)17-15(18)12-9-10-13(12)16(19)20/h1,3-5,7-8,12-14H,6,9-10H2,(H,17,18)(H,19,20). The van der Waals surface area contributed by atoms with Gasteiger partial charge in [-0.05, 0) is 18.4 Å². The van der Waals surface area contributed by atoms with E-state index in [9.17, 15) is 9.59 Å². The minimum atomic E-state index is -0.899. The number of hydrogen-bond donors (Lipinski definition) is 2. The third-order valence-electron chi connectivity index (χ3n) is 3.77. The highest BCUT2D eigenvalue weighted by Crippen LogP contribution is 2.35. The lowest BCUT2D eigenvalue weighted by Gasteiger charge is -2.33. The first-order chi connectivity index (χ1) is 9.63. The van der Waals surface area contributed by atoms with Gasteiger partial charge < -0.3 is 10.4 Å². The summed E-state index contributed by atoms with van der Waals surface area (Å²) in [6.45, 7) is 0. The number of rotatable bonds is 5. The van der Waals surface area contributed by atoms with Crippen LogP contribution in [0, 0.1) is 24.2 Å². The maximum atomic E-state index is 12.2. The van der Waals surface area contributed by atoms with E-state index in [1.807, 2.05) is 30.3 Å². The summed E-state index contributed by atoms with van der Waals surface area (Å²) in [5.74, 6) is 0.444. The average Bonchev–Trinajstić information content (AvgIpc) is 2.37. The lowest BCUT2D eigenvalue weighted by molar-refractivity contribution is -0.153. The van der Waals surface area contributed by atoms with Crippen LogP contribution in [0.5, 0.6) is 0 Å². The molecule has 1 aromatic carbocycles. The van der Waals surface area contributed by atoms with Gasteiger partial charge in [-0.2, -0.15) is 0 Å². The first-order valence-electron chi connectivity index (χ1n) is 6.65. The highest BCUT2D eigenvalue weighted by Gasteiger charge is 2.41. The number of hydrogen-bond acceptors (Lipinski definition) is 2. The first-order valence-corrected chi connectivity index (χ1v) is 6.65. The topological polar surface area (TPSA) is 66.4 Å². The summed E-state index contributed by atoms with van der Waals surface area (Å²) in [6.07, 6.45) is 6.93. The van der Waals surface area contributed by atoms with Crippen molar-refractivity contribution in [2.75, 3.05) is 0 Å². The molecule has 0 radical (unpaired) electrons. The third-order valence-corrected chi connectivity index (χ3v) is 3.77. The van der Waals surface area contributed by atoms with E-state index in [-0.39, 0.29) is 11.9 Å². The molecule has 1 aliphatic carbocycles. The van der Waals surface area contributed by atoms with E-state index < -0.39 is 17.8 Å². The van der Waals surface area contributed by atoms with Crippen molar-refractivity contribution < 1.29 is 14.7 Å². The molecule has 0 heterocycles. The van der Waals surface area contributed by atoms with Crippen molar-refractivity contribution in [2.24, 2.45) is 11.8 Å². The van der Waals surface area contributed by atoms with Crippen molar-refractivity contribution in [1.82, 2.24) is 5.32 Å². The summed E-state index contributed by atoms with van der Waals surface area (Å²) < 4.78 is 0. The van der Waals surface area contributed by atoms with Gasteiger partial charge in [0.1, 0.15) is 0 Å². The van der Waals surface area contributed by atoms with Crippen LogP contribution < -0.4 is 5.32 Å². The van der Waals surface area contributed by atoms with Gasteiger partial charge >= 0.3 is 5.97 Å². The normalized spacial score (nSPS) is 22.1. The third kappa shape index (κ3) is 3.00. The predicted molar refractivity (Wildman–Crippen MR) is 74.6 cm³/mol. The second-order valence-corrected chi connectivity index (χ2v) is 5.01. The molecule has 1 amide bonds. The van der Waals surface area contributed by atoms with Crippen LogP contribution in [-0.2, 0) is 9.59 Å². The SMILES string of the molecule is C#CCC(NC(=O)C1CCC1C(=O)O)c1ccccc1. The zero-order valence-electron chi connectivity index (χ0n) is 11.1. The summed E-state index contributed by atoms with van der Waals surface area (Å²) in [5.41, 5.74) is 0.935. The Hall–Kier alpha value is -2.28. The highest BCUT2D eigenvalue weighted by molar-refractivity contribution is 5.86. The second kappa shape index (κ2) is 6.25. The Balaban J connectivity index is 2.04. The lowest BCUT2D eigenvalue weighted by Crippen LogP contribution is -2.45. The molecule has 1 fully saturated rings. The molecular formula is C16H17NO3. The summed E-state index contributed by atoms with van der Waals surface area (Å²) in [7, 11) is 0. The fraction of sp³-hybridized carbons (Fsp3) is 0.375. The number of carbonyl (C=O) groups is 2. The lowest BCUT2D eigenvalue weighted by atomic mass is 9.73. The Morgan fingerprint density at radius 3 is 2.45 bits per heavy atom. The smallest absolute Gasteiger partial charge is 0.307 e. The van der Waals surface area contributed by atoms with E-state index in [1.165, 1.54) is 0 Å². The van der Waals surface area contributed by atoms with E-state index in [2.05, 4.69) is 11.2 Å². The van der Waals surface area contributed by atoms with E-state index in [0.717, 1.165) is 5.56 Å². The molecule has 20 heavy (non-hydrogen) atoms. The van der Waals surface area contributed by atoms with Crippen LogP contribution in [0.3, 0.4) is 0 Å². The van der Waals surface area contributed by atoms with Crippen LogP contribution in [0.4, 0.5) is 0 Å². The summed E-state index contributed by atoms with van der Waals surface area (Å²) in [4.78, 5) is 23.1. The Kier molecular flexibility index (Phi) is 4.41. The van der Waals surface area contributed by atoms with Crippen molar-refractivity contribution in [3.63, 3.8) is 0 Å². The van der Waals surface area contributed by atoms with Crippen LogP contribution in [0.15, 0.2) is 30.3 Å². The molecular weight excluding hydrogens is 254 g/mol. The van der Waals surface area contributed by atoms with Gasteiger partial charge in [-0.1, -0.05) is 30.3 Å². The maximum absolute atomic E-state index is 12.2. The molecule has 4 heteroatoms. The first kappa shape index (κ1) is 14.1. The van der Waals surface area contributed by atoms with Gasteiger partial charge in [0.05, 0.1) is 17.9 Å². The molecule has 0 saturated heterocycles. The summed E-state index contributed by atoms with van der Waals surface area (Å²) >= 11 is 0. The summed E-state index contributed by atoms with van der Waals surface area (Å²) in [5, 5.41) is 11.9. The Morgan fingerprint density at radius 2 is 1.95 bits per heavy atom. The van der Waals surface area contributed by atoms with Gasteiger partial charge in [-0.3, -0.25) is 9.59 Å². The van der Waals surface area contributed by atoms with Gasteiger partial charge in [0.25, 0.3) is 0 Å². The van der Waals surface area contributed by atoms with Gasteiger partial charge in [-0.25, -0.2) is 0 Å². The van der Waals surface area contributed by atoms with E-state index in [0.29, 0.717) is 19.3 Å². The Bertz CT molecular complexity index is 532. The molecule has 2 rings (SSSR count). The molecule has 3 atom stereocenters. The molecule has 0 aliphatic heterocycles. The zero-order valence-corrected chi connectivity index (χ0v) is 11.1. The molecule has 3 unspecified atom stereocenters. The van der Waals surface area contributed by atoms with E-state index in [4.69, 9.17) is 11.5 Å². The maximum Gasteiger partial charge on any atom is 0.307 e. The highest BCUT2D eigenvalue weighted by atomic mass is 16.4. The van der Waals surface area contributed by atoms with Gasteiger partial charge in [0.2, 0.25) is 5.91 Å². The molecule has 1 aromatic rings. The zero-order chi connectivity index (χ0) is 14.5. The monoisotopic (exact) mass is 271 g/mol. The van der Waals surface area contributed by atoms with Crippen LogP contribution in [0.2, 0.25) is 0 Å². The van der Waals surface area contributed by atoms with Crippen molar-refractivity contribution in [3.8, 4) is 12.3 Å². The van der Waals surface area contributed by atoms with Gasteiger partial charge in [0.15, 0.2) is 0 Å². The fourth-order valence-electron chi connectivity index (χ4n) is 2.44. The molecule has 0 spiro atoms. The number of carbonyl (C=O) groups excluding carboxylic acids is 1. The largest absolute Gasteiger partial charge is 0.481 e. The Labute approximate surface area is 118 Å². The van der Waals surface area contributed by atoms with Crippen LogP contribution >= 0.6 is 0 Å². The number of amides is 1. The number of nitrogens with one attached hydrogen (secondary N) is 1.